The minimum atomic E-state index is -2.48. The third kappa shape index (κ3) is 26.3. The summed E-state index contributed by atoms with van der Waals surface area (Å²) in [5.74, 6) is -4.46. The van der Waals surface area contributed by atoms with Gasteiger partial charge in [0.25, 0.3) is 0 Å². The van der Waals surface area contributed by atoms with Crippen molar-refractivity contribution >= 4 is 22.1 Å². The Morgan fingerprint density at radius 2 is 0.713 bits per heavy atom. The van der Waals surface area contributed by atoms with Crippen molar-refractivity contribution in [2.24, 2.45) is 0 Å². The number of furan rings is 1. The fourth-order valence-corrected chi connectivity index (χ4v) is 16.9. The molecule has 8 heterocycles. The van der Waals surface area contributed by atoms with Gasteiger partial charge in [-0.2, -0.15) is 0 Å². The summed E-state index contributed by atoms with van der Waals surface area (Å²) in [5.41, 5.74) is 21.2. The SMILES string of the molecule is [2H]C([2H])([2H])c1c[c-]c(-c2cc(C)c(C([2H])([2H])[2H])cn2)cc1.[2H]C([2H])([2H])c1ccc(-c2[c-]cccc2)nc1.[2H]C([2H])([2H])c1ccc2c(n1)oc1c(-c3cc(C4([2H])CCC([2H])(c5ccccc5)CC4)c(C([2H])([2H])[2H])cn3)[c-]ccc12.[2H]C1(c2ccccc2)CCC([2H])(c2ccc(-c3ccnc(-c4[c-]cccc4)c3)cc2)CC1.[2H]C1(c2ccccc2)CCC([2H])(c2ccc(-c3ccnc(-c4[c-]cccc4)c3)cc2)CC1.[Ir].[Ir].[Ir].[c-]1ccccc1-c1ccccn1. The average molecular weight is 2330 g/mol. The molecular formula is C125H111Ir3N7O-6. The van der Waals surface area contributed by atoms with Crippen molar-refractivity contribution in [3.05, 3.63) is 486 Å². The van der Waals surface area contributed by atoms with E-state index in [1.807, 2.05) is 200 Å². The summed E-state index contributed by atoms with van der Waals surface area (Å²) >= 11 is 0. The van der Waals surface area contributed by atoms with Crippen LogP contribution in [0.2, 0.25) is 0 Å². The number of nitrogens with zero attached hydrogens (tertiary/aromatic N) is 7. The Kier molecular flexibility index (Phi) is 27.2. The van der Waals surface area contributed by atoms with Gasteiger partial charge in [-0.1, -0.05) is 211 Å². The van der Waals surface area contributed by atoms with Crippen molar-refractivity contribution in [2.75, 3.05) is 0 Å². The zero-order valence-corrected chi connectivity index (χ0v) is 82.1. The fourth-order valence-electron chi connectivity index (χ4n) is 16.9. The minimum absolute atomic E-state index is 0. The van der Waals surface area contributed by atoms with Gasteiger partial charge in [0.15, 0.2) is 0 Å². The van der Waals surface area contributed by atoms with E-state index in [-0.39, 0.29) is 94.0 Å². The third-order valence-electron chi connectivity index (χ3n) is 24.1. The molecule has 136 heavy (non-hydrogen) atoms. The molecule has 0 N–H and O–H groups in total. The second-order valence-electron chi connectivity index (χ2n) is 32.7. The zero-order valence-electron chi connectivity index (χ0n) is 95.9. The largest absolute Gasteiger partial charge is 0.486 e. The van der Waals surface area contributed by atoms with E-state index in [1.54, 1.807) is 67.7 Å². The van der Waals surface area contributed by atoms with Crippen LogP contribution < -0.4 is 0 Å². The van der Waals surface area contributed by atoms with Crippen LogP contribution in [-0.2, 0) is 60.3 Å². The van der Waals surface area contributed by atoms with E-state index in [0.29, 0.717) is 127 Å². The molecule has 22 rings (SSSR count). The standard InChI is InChI=1S/C30H27N2O.2C29H26N.C14H14N.C12H10N.C11H8N.3Ir/c1-19-18-31-28(17-27(19)23-14-12-22(13-15-23)21-7-4-3-5-8-21)26-10-6-9-24-25-16-11-20(2)32-30(25)33-29(24)26;2*1-3-7-22(8-4-1)23-11-13-24(14-12-23)25-15-17-26(18-16-25)28-19-20-30-29(21-28)27-9-5-2-6-10-27;1-10-4-6-13(7-5-10)14-8-11(2)12(3)9-15-14;1-10-7-8-12(13-9-10)11-5-3-2-4-6-11;1-2-6-10(7-3-1)11-8-4-5-9-12-11;;;/h3-9,11,16-18,22-23H,12-15H2,1-2H3;2*1-9,15-21,23-24H,11-14H2;4-6,8-9H,1-3H3;2-5,7-9H,1H3;1-6,8-9H;;;/q6*-1;;;/i1D3,2D3,22D,23D;2*23D,24D;1D3,3D3;1D3;;;;. The fraction of sp³-hybridized carbons (Fsp3) is 0.192. The molecule has 0 saturated heterocycles. The first kappa shape index (κ1) is 74.5. The second kappa shape index (κ2) is 49.6. The third-order valence-corrected chi connectivity index (χ3v) is 24.1. The molecule has 3 radical (unpaired) electrons. The topological polar surface area (TPSA) is 103 Å². The molecule has 0 aliphatic heterocycles. The van der Waals surface area contributed by atoms with Gasteiger partial charge in [-0.15, -0.1) is 197 Å². The van der Waals surface area contributed by atoms with E-state index in [4.69, 9.17) is 31.8 Å². The molecule has 11 aromatic carbocycles. The molecule has 0 bridgehead atoms. The zero-order chi connectivity index (χ0) is 109. The van der Waals surface area contributed by atoms with Crippen LogP contribution >= 0.6 is 0 Å². The van der Waals surface area contributed by atoms with Crippen molar-refractivity contribution < 1.29 is 93.5 Å². The van der Waals surface area contributed by atoms with Gasteiger partial charge in [-0.25, -0.2) is 4.98 Å². The molecule has 3 saturated carbocycles. The van der Waals surface area contributed by atoms with Gasteiger partial charge in [-0.3, -0.25) is 0 Å². The quantitative estimate of drug-likeness (QED) is 0.0992. The van der Waals surface area contributed by atoms with E-state index in [0.717, 1.165) is 95.1 Å². The molecule has 11 heteroatoms. The number of rotatable bonds is 14. The van der Waals surface area contributed by atoms with E-state index in [9.17, 15) is 1.37 Å². The molecule has 3 aliphatic carbocycles. The molecule has 0 amide bonds. The average Bonchev–Trinajstić information content (AvgIpc) is 1.68. The summed E-state index contributed by atoms with van der Waals surface area (Å²) < 4.78 is 174. The van der Waals surface area contributed by atoms with Crippen molar-refractivity contribution in [1.29, 1.82) is 0 Å². The van der Waals surface area contributed by atoms with Crippen LogP contribution in [-0.4, -0.2) is 34.9 Å². The first-order valence-corrected chi connectivity index (χ1v) is 44.9. The number of pyridine rings is 7. The van der Waals surface area contributed by atoms with Crippen molar-refractivity contribution in [1.82, 2.24) is 34.9 Å². The maximum Gasteiger partial charge on any atom is 0.216 e. The van der Waals surface area contributed by atoms with Gasteiger partial charge in [0.05, 0.1) is 5.58 Å². The van der Waals surface area contributed by atoms with E-state index in [1.165, 1.54) is 36.8 Å². The molecular weight excluding hydrogens is 2190 g/mol. The van der Waals surface area contributed by atoms with E-state index in [2.05, 4.69) is 156 Å². The summed E-state index contributed by atoms with van der Waals surface area (Å²) in [7, 11) is 0. The maximum absolute atomic E-state index is 9.46. The van der Waals surface area contributed by atoms with Gasteiger partial charge in [0.1, 0.15) is 0 Å². The maximum atomic E-state index is 9.46. The van der Waals surface area contributed by atoms with Crippen LogP contribution in [0.3, 0.4) is 0 Å². The molecule has 19 aromatic rings. The Morgan fingerprint density at radius 3 is 1.15 bits per heavy atom. The molecule has 0 atom stereocenters. The number of hydrogen-bond donors (Lipinski definition) is 0. The van der Waals surface area contributed by atoms with Gasteiger partial charge in [-0.05, 0) is 284 Å². The Hall–Kier alpha value is -12.8. The predicted molar refractivity (Wildman–Crippen MR) is 547 cm³/mol. The number of hydrogen-bond acceptors (Lipinski definition) is 8. The van der Waals surface area contributed by atoms with Crippen molar-refractivity contribution in [3.8, 4) is 89.8 Å². The Bertz CT molecular complexity index is 7640. The minimum Gasteiger partial charge on any atom is -0.486 e. The van der Waals surface area contributed by atoms with Crippen LogP contribution in [0.15, 0.2) is 387 Å². The molecule has 0 unspecified atom stereocenters. The van der Waals surface area contributed by atoms with Gasteiger partial charge >= 0.3 is 0 Å². The van der Waals surface area contributed by atoms with Crippen LogP contribution in [0.1, 0.15) is 208 Å². The summed E-state index contributed by atoms with van der Waals surface area (Å²) in [6.45, 7) is -9.60. The molecule has 8 aromatic heterocycles. The van der Waals surface area contributed by atoms with Gasteiger partial charge in [0, 0.05) is 137 Å². The Labute approximate surface area is 874 Å². The van der Waals surface area contributed by atoms with E-state index < -0.39 is 69.6 Å². The second-order valence-corrected chi connectivity index (χ2v) is 32.7. The summed E-state index contributed by atoms with van der Waals surface area (Å²) in [6, 6.07) is 128. The summed E-state index contributed by atoms with van der Waals surface area (Å²) in [6.07, 6.45) is 16.6. The normalized spacial score (nSPS) is 21.8. The Morgan fingerprint density at radius 1 is 0.287 bits per heavy atom. The summed E-state index contributed by atoms with van der Waals surface area (Å²) in [4.78, 5) is 30.2. The molecule has 685 valence electrons. The first-order chi connectivity index (χ1) is 73.5. The van der Waals surface area contributed by atoms with Crippen LogP contribution in [0.25, 0.3) is 112 Å². The van der Waals surface area contributed by atoms with Crippen molar-refractivity contribution in [3.63, 3.8) is 0 Å². The molecule has 0 spiro atoms. The number of aryl methyl sites for hydroxylation is 6. The smallest absolute Gasteiger partial charge is 0.216 e. The van der Waals surface area contributed by atoms with E-state index >= 15 is 0 Å². The van der Waals surface area contributed by atoms with Crippen molar-refractivity contribution in [2.45, 2.75) is 154 Å². The van der Waals surface area contributed by atoms with Gasteiger partial charge < -0.3 is 34.3 Å². The predicted octanol–water partition coefficient (Wildman–Crippen LogP) is 32.1. The monoisotopic (exact) mass is 2330 g/mol. The summed E-state index contributed by atoms with van der Waals surface area (Å²) in [5, 5.41) is 1.33. The molecule has 8 nitrogen and oxygen atoms in total. The van der Waals surface area contributed by atoms with Crippen LogP contribution in [0, 0.1) is 77.6 Å². The van der Waals surface area contributed by atoms with Crippen LogP contribution in [0.5, 0.6) is 0 Å². The number of benzene rings is 11. The molecule has 3 fully saturated rings. The number of aromatic nitrogens is 7. The Balaban J connectivity index is 0.000000152. The number of fused-ring (bicyclic) bond motifs is 3. The first-order valence-electron chi connectivity index (χ1n) is 55.4. The van der Waals surface area contributed by atoms with Crippen LogP contribution in [0.4, 0.5) is 0 Å². The van der Waals surface area contributed by atoms with Gasteiger partial charge in [0.2, 0.25) is 5.71 Å². The molecule has 3 aliphatic rings.